The Kier molecular flexibility index (Phi) is 2.48. The second-order valence-electron chi connectivity index (χ2n) is 2.70. The molecule has 0 heterocycles. The molecule has 12 heavy (non-hydrogen) atoms. The van der Waals surface area contributed by atoms with Crippen LogP contribution in [0, 0.1) is 13.8 Å². The van der Waals surface area contributed by atoms with E-state index in [4.69, 9.17) is 5.11 Å². The van der Waals surface area contributed by atoms with Crippen molar-refractivity contribution in [1.29, 1.82) is 0 Å². The normalized spacial score (nSPS) is 9.83. The minimum atomic E-state index is -0.872. The minimum absolute atomic E-state index is 0.371. The van der Waals surface area contributed by atoms with E-state index in [0.29, 0.717) is 12.0 Å². The molecular formula is C10H11O2. The van der Waals surface area contributed by atoms with Gasteiger partial charge in [0.05, 0.1) is 5.56 Å². The highest BCUT2D eigenvalue weighted by atomic mass is 16.4. The molecule has 2 nitrogen and oxygen atoms in total. The first-order chi connectivity index (χ1) is 5.65. The van der Waals surface area contributed by atoms with E-state index in [0.717, 1.165) is 11.1 Å². The van der Waals surface area contributed by atoms with Gasteiger partial charge in [0, 0.05) is 0 Å². The fourth-order valence-corrected chi connectivity index (χ4v) is 1.06. The zero-order chi connectivity index (χ0) is 9.14. The summed E-state index contributed by atoms with van der Waals surface area (Å²) in [4.78, 5) is 10.7. The molecule has 2 heteroatoms. The molecule has 0 amide bonds. The summed E-state index contributed by atoms with van der Waals surface area (Å²) in [5, 5.41) is 8.77. The average molecular weight is 163 g/mol. The Labute approximate surface area is 71.8 Å². The van der Waals surface area contributed by atoms with Crippen LogP contribution in [-0.2, 0) is 6.42 Å². The Balaban J connectivity index is 3.17. The van der Waals surface area contributed by atoms with Crippen molar-refractivity contribution in [1.82, 2.24) is 0 Å². The molecule has 0 unspecified atom stereocenters. The second kappa shape index (κ2) is 3.39. The maximum absolute atomic E-state index is 10.7. The molecule has 0 fully saturated rings. The molecule has 1 radical (unpaired) electrons. The summed E-state index contributed by atoms with van der Waals surface area (Å²) < 4.78 is 0. The number of hydrogen-bond donors (Lipinski definition) is 1. The molecule has 0 aromatic heterocycles. The van der Waals surface area contributed by atoms with E-state index in [1.54, 1.807) is 13.0 Å². The number of benzene rings is 1. The monoisotopic (exact) mass is 163 g/mol. The highest BCUT2D eigenvalue weighted by Gasteiger charge is 2.06. The SMILES string of the molecule is [CH2]Cc1ccc(C)c(C(=O)O)c1. The van der Waals surface area contributed by atoms with Crippen molar-refractivity contribution in [3.8, 4) is 0 Å². The molecule has 1 N–H and O–H groups in total. The molecule has 0 aliphatic rings. The Bertz CT molecular complexity index is 303. The van der Waals surface area contributed by atoms with Crippen molar-refractivity contribution in [2.75, 3.05) is 0 Å². The maximum atomic E-state index is 10.7. The van der Waals surface area contributed by atoms with Crippen LogP contribution in [0.3, 0.4) is 0 Å². The van der Waals surface area contributed by atoms with Crippen molar-refractivity contribution >= 4 is 5.97 Å². The summed E-state index contributed by atoms with van der Waals surface area (Å²) in [7, 11) is 0. The zero-order valence-corrected chi connectivity index (χ0v) is 7.00. The van der Waals surface area contributed by atoms with Crippen molar-refractivity contribution in [2.45, 2.75) is 13.3 Å². The predicted molar refractivity (Wildman–Crippen MR) is 47.2 cm³/mol. The van der Waals surface area contributed by atoms with Crippen molar-refractivity contribution < 1.29 is 9.90 Å². The van der Waals surface area contributed by atoms with Gasteiger partial charge < -0.3 is 5.11 Å². The third-order valence-corrected chi connectivity index (χ3v) is 1.82. The summed E-state index contributed by atoms with van der Waals surface area (Å²) in [5.41, 5.74) is 2.12. The standard InChI is InChI=1S/C10H11O2/c1-3-8-5-4-7(2)9(6-8)10(11)12/h4-6H,1,3H2,2H3,(H,11,12). The van der Waals surface area contributed by atoms with E-state index in [9.17, 15) is 4.79 Å². The number of aromatic carboxylic acids is 1. The fourth-order valence-electron chi connectivity index (χ4n) is 1.06. The van der Waals surface area contributed by atoms with Crippen LogP contribution in [0.2, 0.25) is 0 Å². The summed E-state index contributed by atoms with van der Waals surface area (Å²) in [6.07, 6.45) is 0.626. The van der Waals surface area contributed by atoms with E-state index in [-0.39, 0.29) is 0 Å². The Morgan fingerprint density at radius 1 is 1.58 bits per heavy atom. The van der Waals surface area contributed by atoms with Crippen LogP contribution in [0.15, 0.2) is 18.2 Å². The van der Waals surface area contributed by atoms with Crippen LogP contribution in [0.25, 0.3) is 0 Å². The molecule has 0 bridgehead atoms. The van der Waals surface area contributed by atoms with Crippen LogP contribution in [0.5, 0.6) is 0 Å². The summed E-state index contributed by atoms with van der Waals surface area (Å²) >= 11 is 0. The van der Waals surface area contributed by atoms with Crippen LogP contribution in [0.4, 0.5) is 0 Å². The number of rotatable bonds is 2. The second-order valence-corrected chi connectivity index (χ2v) is 2.70. The topological polar surface area (TPSA) is 37.3 Å². The Morgan fingerprint density at radius 3 is 2.75 bits per heavy atom. The summed E-state index contributed by atoms with van der Waals surface area (Å²) in [6, 6.07) is 5.38. The molecule has 0 atom stereocenters. The van der Waals surface area contributed by atoms with Gasteiger partial charge in [0.2, 0.25) is 0 Å². The van der Waals surface area contributed by atoms with Gasteiger partial charge in [-0.3, -0.25) is 0 Å². The lowest BCUT2D eigenvalue weighted by molar-refractivity contribution is 0.0696. The zero-order valence-electron chi connectivity index (χ0n) is 7.00. The van der Waals surface area contributed by atoms with Crippen molar-refractivity contribution in [3.63, 3.8) is 0 Å². The van der Waals surface area contributed by atoms with Gasteiger partial charge in [-0.05, 0) is 37.5 Å². The van der Waals surface area contributed by atoms with E-state index in [1.165, 1.54) is 0 Å². The number of aryl methyl sites for hydroxylation is 1. The quantitative estimate of drug-likeness (QED) is 0.724. The first kappa shape index (κ1) is 8.78. The van der Waals surface area contributed by atoms with Gasteiger partial charge in [-0.15, -0.1) is 0 Å². The third-order valence-electron chi connectivity index (χ3n) is 1.82. The molecule has 0 saturated heterocycles. The van der Waals surface area contributed by atoms with Crippen LogP contribution >= 0.6 is 0 Å². The smallest absolute Gasteiger partial charge is 0.335 e. The van der Waals surface area contributed by atoms with Crippen LogP contribution in [0.1, 0.15) is 21.5 Å². The fraction of sp³-hybridized carbons (Fsp3) is 0.200. The van der Waals surface area contributed by atoms with Gasteiger partial charge >= 0.3 is 5.97 Å². The number of carboxylic acids is 1. The van der Waals surface area contributed by atoms with Gasteiger partial charge in [0.15, 0.2) is 0 Å². The maximum Gasteiger partial charge on any atom is 0.335 e. The lowest BCUT2D eigenvalue weighted by atomic mass is 10.0. The van der Waals surface area contributed by atoms with Crippen molar-refractivity contribution in [3.05, 3.63) is 41.8 Å². The largest absolute Gasteiger partial charge is 0.478 e. The molecule has 1 rings (SSSR count). The number of carboxylic acid groups (broad SMARTS) is 1. The molecule has 63 valence electrons. The highest BCUT2D eigenvalue weighted by molar-refractivity contribution is 5.89. The van der Waals surface area contributed by atoms with Crippen LogP contribution < -0.4 is 0 Å². The van der Waals surface area contributed by atoms with E-state index in [2.05, 4.69) is 6.92 Å². The first-order valence-corrected chi connectivity index (χ1v) is 3.77. The van der Waals surface area contributed by atoms with E-state index in [1.807, 2.05) is 12.1 Å². The Morgan fingerprint density at radius 2 is 2.25 bits per heavy atom. The number of hydrogen-bond acceptors (Lipinski definition) is 1. The molecule has 0 saturated carbocycles. The van der Waals surface area contributed by atoms with Gasteiger partial charge in [-0.1, -0.05) is 12.1 Å². The molecular weight excluding hydrogens is 152 g/mol. The van der Waals surface area contributed by atoms with Gasteiger partial charge in [0.1, 0.15) is 0 Å². The molecule has 1 aromatic carbocycles. The van der Waals surface area contributed by atoms with Crippen LogP contribution in [-0.4, -0.2) is 11.1 Å². The molecule has 0 aliphatic heterocycles. The van der Waals surface area contributed by atoms with E-state index < -0.39 is 5.97 Å². The van der Waals surface area contributed by atoms with Gasteiger partial charge in [0.25, 0.3) is 0 Å². The molecule has 0 spiro atoms. The molecule has 0 aliphatic carbocycles. The number of carbonyl (C=O) groups is 1. The average Bonchev–Trinajstić information content (AvgIpc) is 2.05. The van der Waals surface area contributed by atoms with E-state index >= 15 is 0 Å². The first-order valence-electron chi connectivity index (χ1n) is 3.77. The van der Waals surface area contributed by atoms with Gasteiger partial charge in [-0.25, -0.2) is 4.79 Å². The van der Waals surface area contributed by atoms with Gasteiger partial charge in [-0.2, -0.15) is 0 Å². The Hall–Kier alpha value is -1.31. The minimum Gasteiger partial charge on any atom is -0.478 e. The highest BCUT2D eigenvalue weighted by Crippen LogP contribution is 2.11. The van der Waals surface area contributed by atoms with Crippen molar-refractivity contribution in [2.24, 2.45) is 0 Å². The third kappa shape index (κ3) is 1.64. The lowest BCUT2D eigenvalue weighted by Crippen LogP contribution is -2.00. The predicted octanol–water partition coefficient (Wildman–Crippen LogP) is 2.07. The summed E-state index contributed by atoms with van der Waals surface area (Å²) in [5.74, 6) is -0.872. The summed E-state index contributed by atoms with van der Waals surface area (Å²) in [6.45, 7) is 5.48. The lowest BCUT2D eigenvalue weighted by Gasteiger charge is -2.02. The molecule has 1 aromatic rings.